The maximum absolute atomic E-state index is 6.27. The van der Waals surface area contributed by atoms with E-state index in [0.29, 0.717) is 19.0 Å². The molecule has 0 spiro atoms. The van der Waals surface area contributed by atoms with Crippen LogP contribution in [0.25, 0.3) is 21.8 Å². The molecule has 0 bridgehead atoms. The molecule has 0 radical (unpaired) electrons. The monoisotopic (exact) mass is 560 g/mol. The fourth-order valence-electron chi connectivity index (χ4n) is 3.95. The van der Waals surface area contributed by atoms with E-state index in [9.17, 15) is 0 Å². The molecule has 0 atom stereocenters. The summed E-state index contributed by atoms with van der Waals surface area (Å²) in [7, 11) is 0. The topological polar surface area (TPSA) is 141 Å². The summed E-state index contributed by atoms with van der Waals surface area (Å²) in [5.41, 5.74) is 22.3. The van der Waals surface area contributed by atoms with Gasteiger partial charge in [0, 0.05) is 27.6 Å². The third kappa shape index (κ3) is 7.42. The zero-order chi connectivity index (χ0) is 28.2. The van der Waals surface area contributed by atoms with E-state index in [2.05, 4.69) is 109 Å². The Morgan fingerprint density at radius 3 is 2.13 bits per heavy atom. The molecule has 0 aliphatic heterocycles. The first kappa shape index (κ1) is 28.3. The van der Waals surface area contributed by atoms with Crippen molar-refractivity contribution in [3.63, 3.8) is 0 Å². The molecule has 0 fully saturated rings. The number of nitrogens with zero attached hydrogens (tertiary/aromatic N) is 4. The summed E-state index contributed by atoms with van der Waals surface area (Å²) in [5.74, 6) is 0.449. The summed E-state index contributed by atoms with van der Waals surface area (Å²) < 4.78 is 0. The van der Waals surface area contributed by atoms with Crippen LogP contribution in [0.15, 0.2) is 70.1 Å². The summed E-state index contributed by atoms with van der Waals surface area (Å²) in [4.78, 5) is 18.9. The predicted octanol–water partition coefficient (Wildman–Crippen LogP) is 5.34. The Bertz CT molecular complexity index is 1450. The average Bonchev–Trinajstić information content (AvgIpc) is 3.56. The molecule has 2 heterocycles. The van der Waals surface area contributed by atoms with E-state index in [1.54, 1.807) is 28.9 Å². The number of benzene rings is 2. The Morgan fingerprint density at radius 2 is 1.49 bits per heavy atom. The maximum atomic E-state index is 6.27. The molecule has 2 aromatic heterocycles. The van der Waals surface area contributed by atoms with Crippen molar-refractivity contribution in [3.8, 4) is 21.8 Å². The highest BCUT2D eigenvalue weighted by molar-refractivity contribution is 7.15. The highest BCUT2D eigenvalue weighted by Crippen LogP contribution is 2.29. The molecule has 39 heavy (non-hydrogen) atoms. The first-order chi connectivity index (χ1) is 18.4. The third-order valence-electron chi connectivity index (χ3n) is 6.25. The number of aliphatic imine (C=N–C) groups is 2. The van der Waals surface area contributed by atoms with Crippen LogP contribution in [0.4, 0.5) is 0 Å². The molecular weight excluding hydrogens is 525 g/mol. The molecule has 0 aliphatic carbocycles. The van der Waals surface area contributed by atoms with Gasteiger partial charge in [0.15, 0.2) is 11.9 Å². The van der Waals surface area contributed by atoms with E-state index in [-0.39, 0.29) is 11.4 Å². The third-order valence-corrected chi connectivity index (χ3v) is 8.11. The zero-order valence-electron chi connectivity index (χ0n) is 23.0. The van der Waals surface area contributed by atoms with Crippen molar-refractivity contribution in [1.29, 1.82) is 0 Å². The number of hydrogen-bond donors (Lipinski definition) is 4. The summed E-state index contributed by atoms with van der Waals surface area (Å²) in [6.45, 7) is 11.6. The van der Waals surface area contributed by atoms with Crippen LogP contribution in [0.2, 0.25) is 0 Å². The van der Waals surface area contributed by atoms with Crippen molar-refractivity contribution in [2.24, 2.45) is 27.2 Å². The van der Waals surface area contributed by atoms with E-state index in [1.807, 2.05) is 0 Å². The van der Waals surface area contributed by atoms with E-state index in [4.69, 9.17) is 22.2 Å². The van der Waals surface area contributed by atoms with E-state index < -0.39 is 5.54 Å². The highest BCUT2D eigenvalue weighted by Gasteiger charge is 2.21. The molecule has 8 nitrogen and oxygen atoms in total. The second-order valence-corrected chi connectivity index (χ2v) is 12.9. The minimum absolute atomic E-state index is 0.0742. The summed E-state index contributed by atoms with van der Waals surface area (Å²) >= 11 is 3.16. The quantitative estimate of drug-likeness (QED) is 0.169. The van der Waals surface area contributed by atoms with Crippen LogP contribution in [-0.2, 0) is 24.0 Å². The smallest absolute Gasteiger partial charge is 0.189 e. The van der Waals surface area contributed by atoms with Gasteiger partial charge in [-0.25, -0.2) is 20.0 Å². The fourth-order valence-corrected chi connectivity index (χ4v) is 5.52. The highest BCUT2D eigenvalue weighted by atomic mass is 32.1. The predicted molar refractivity (Wildman–Crippen MR) is 165 cm³/mol. The molecule has 0 aliphatic rings. The van der Waals surface area contributed by atoms with Gasteiger partial charge in [0.1, 0.15) is 10.0 Å². The summed E-state index contributed by atoms with van der Waals surface area (Å²) in [6, 6.07) is 16.9. The molecule has 0 amide bonds. The second-order valence-electron chi connectivity index (χ2n) is 10.9. The van der Waals surface area contributed by atoms with Crippen molar-refractivity contribution < 1.29 is 0 Å². The minimum Gasteiger partial charge on any atom is -0.370 e. The van der Waals surface area contributed by atoms with Crippen molar-refractivity contribution >= 4 is 34.6 Å². The zero-order valence-corrected chi connectivity index (χ0v) is 24.7. The Balaban J connectivity index is 1.37. The first-order valence-electron chi connectivity index (χ1n) is 12.6. The molecule has 10 heteroatoms. The van der Waals surface area contributed by atoms with Crippen LogP contribution in [0, 0.1) is 0 Å². The van der Waals surface area contributed by atoms with Gasteiger partial charge in [0.05, 0.1) is 24.3 Å². The van der Waals surface area contributed by atoms with Crippen LogP contribution >= 0.6 is 22.7 Å². The maximum Gasteiger partial charge on any atom is 0.189 e. The number of aromatic nitrogens is 2. The van der Waals surface area contributed by atoms with Gasteiger partial charge in [-0.15, -0.1) is 22.7 Å². The van der Waals surface area contributed by atoms with Crippen molar-refractivity contribution in [2.75, 3.05) is 0 Å². The van der Waals surface area contributed by atoms with Gasteiger partial charge in [-0.1, -0.05) is 69.3 Å². The molecule has 204 valence electrons. The van der Waals surface area contributed by atoms with Crippen LogP contribution < -0.4 is 22.5 Å². The number of nitrogens with two attached hydrogens (primary N) is 3. The Morgan fingerprint density at radius 1 is 0.846 bits per heavy atom. The summed E-state index contributed by atoms with van der Waals surface area (Å²) in [6.07, 6.45) is 1.80. The molecular formula is C29H36N8S2. The number of rotatable bonds is 8. The van der Waals surface area contributed by atoms with Crippen LogP contribution in [-0.4, -0.2) is 21.9 Å². The van der Waals surface area contributed by atoms with Gasteiger partial charge in [0.2, 0.25) is 0 Å². The lowest BCUT2D eigenvalue weighted by molar-refractivity contribution is 0.483. The normalized spacial score (nSPS) is 12.4. The van der Waals surface area contributed by atoms with Crippen molar-refractivity contribution in [1.82, 2.24) is 15.3 Å². The fraction of sp³-hybridized carbons (Fsp3) is 0.310. The molecule has 0 saturated heterocycles. The molecule has 2 aromatic carbocycles. The first-order valence-corrected chi connectivity index (χ1v) is 14.3. The Hall–Kier alpha value is -3.76. The molecule has 4 rings (SSSR count). The molecule has 0 saturated carbocycles. The largest absolute Gasteiger partial charge is 0.370 e. The summed E-state index contributed by atoms with van der Waals surface area (Å²) in [5, 5.41) is 7.25. The lowest BCUT2D eigenvalue weighted by atomic mass is 9.86. The van der Waals surface area contributed by atoms with Gasteiger partial charge >= 0.3 is 0 Å². The van der Waals surface area contributed by atoms with E-state index >= 15 is 0 Å². The standard InChI is InChI=1S/C29H36N8S2/c1-28(2,3)20-10-6-18(7-11-20)23-17-38-24(36-23)16-35-27(32)37-29(4,5)21-12-8-19(9-13-21)25-33-14-22(39-25)15-34-26(30)31/h6-14,17H,15-16H2,1-5H3,(H4,30,31,34)(H3,32,35,37). The van der Waals surface area contributed by atoms with Crippen LogP contribution in [0.1, 0.15) is 55.6 Å². The van der Waals surface area contributed by atoms with Gasteiger partial charge in [0.25, 0.3) is 0 Å². The van der Waals surface area contributed by atoms with Crippen molar-refractivity contribution in [2.45, 2.75) is 58.7 Å². The number of hydrogen-bond acceptors (Lipinski definition) is 6. The van der Waals surface area contributed by atoms with Crippen molar-refractivity contribution in [3.05, 3.63) is 81.1 Å². The average molecular weight is 561 g/mol. The SMILES string of the molecule is CC(C)(C)c1ccc(-c2csc(CN=C(N)NC(C)(C)c3ccc(-c4ncc(CN=C(N)N)s4)cc3)n2)cc1. The van der Waals surface area contributed by atoms with E-state index in [0.717, 1.165) is 37.3 Å². The lowest BCUT2D eigenvalue weighted by Crippen LogP contribution is -2.45. The Labute approximate surface area is 238 Å². The van der Waals surface area contributed by atoms with E-state index in [1.165, 1.54) is 5.56 Å². The number of thiazole rings is 2. The van der Waals surface area contributed by atoms with Gasteiger partial charge in [-0.05, 0) is 30.4 Å². The molecule has 4 aromatic rings. The van der Waals surface area contributed by atoms with Gasteiger partial charge in [-0.2, -0.15) is 0 Å². The molecule has 7 N–H and O–H groups in total. The van der Waals surface area contributed by atoms with Gasteiger partial charge in [-0.3, -0.25) is 0 Å². The Kier molecular flexibility index (Phi) is 8.36. The van der Waals surface area contributed by atoms with Gasteiger partial charge < -0.3 is 22.5 Å². The van der Waals surface area contributed by atoms with Crippen LogP contribution in [0.3, 0.4) is 0 Å². The molecule has 0 unspecified atom stereocenters. The minimum atomic E-state index is -0.420. The number of guanidine groups is 2. The number of nitrogens with one attached hydrogen (secondary N) is 1. The lowest BCUT2D eigenvalue weighted by Gasteiger charge is -2.27. The van der Waals surface area contributed by atoms with Crippen LogP contribution in [0.5, 0.6) is 0 Å². The second kappa shape index (κ2) is 11.5.